The number of hydrogen-bond acceptors (Lipinski definition) is 2. The second-order valence-electron chi connectivity index (χ2n) is 4.35. The molecular weight excluding hydrogens is 330 g/mol. The van der Waals surface area contributed by atoms with Gasteiger partial charge in [0.2, 0.25) is 0 Å². The fourth-order valence-corrected chi connectivity index (χ4v) is 2.14. The predicted molar refractivity (Wildman–Crippen MR) is 86.5 cm³/mol. The van der Waals surface area contributed by atoms with Gasteiger partial charge in [-0.25, -0.2) is 0 Å². The summed E-state index contributed by atoms with van der Waals surface area (Å²) in [5.74, 6) is -0.413. The number of nitrogens with one attached hydrogen (secondary N) is 1. The summed E-state index contributed by atoms with van der Waals surface area (Å²) in [6.45, 7) is 2.79. The molecule has 0 fully saturated rings. The monoisotopic (exact) mass is 343 g/mol. The lowest BCUT2D eigenvalue weighted by Crippen LogP contribution is -2.13. The van der Waals surface area contributed by atoms with Gasteiger partial charge in [0.15, 0.2) is 0 Å². The third-order valence-electron chi connectivity index (χ3n) is 2.96. The molecule has 5 heteroatoms. The molecule has 1 aromatic carbocycles. The molecule has 1 amide bonds. The Hall–Kier alpha value is -2.32. The third kappa shape index (κ3) is 3.83. The molecule has 1 heterocycles. The molecule has 0 aliphatic heterocycles. The number of anilines is 1. The molecule has 0 spiro atoms. The molecule has 0 atom stereocenters. The number of nitrogens with zero attached hydrogens (tertiary/aromatic N) is 2. The van der Waals surface area contributed by atoms with E-state index in [0.29, 0.717) is 5.69 Å². The Kier molecular flexibility index (Phi) is 4.96. The van der Waals surface area contributed by atoms with E-state index in [1.807, 2.05) is 48.0 Å². The Morgan fingerprint density at radius 3 is 2.71 bits per heavy atom. The molecule has 106 valence electrons. The van der Waals surface area contributed by atoms with Crippen LogP contribution in [0.15, 0.2) is 52.6 Å². The first-order chi connectivity index (χ1) is 10.1. The lowest BCUT2D eigenvalue weighted by molar-refractivity contribution is -0.112. The maximum atomic E-state index is 12.1. The van der Waals surface area contributed by atoms with Crippen LogP contribution < -0.4 is 5.32 Å². The number of rotatable bonds is 4. The summed E-state index contributed by atoms with van der Waals surface area (Å²) in [6.07, 6.45) is 3.51. The van der Waals surface area contributed by atoms with Crippen LogP contribution in [0.4, 0.5) is 5.69 Å². The summed E-state index contributed by atoms with van der Waals surface area (Å²) in [7, 11) is 0. The second kappa shape index (κ2) is 6.91. The average molecular weight is 344 g/mol. The minimum absolute atomic E-state index is 0.0753. The van der Waals surface area contributed by atoms with Crippen molar-refractivity contribution in [2.24, 2.45) is 0 Å². The number of aromatic nitrogens is 1. The summed E-state index contributed by atoms with van der Waals surface area (Å²) >= 11 is 3.33. The molecule has 21 heavy (non-hydrogen) atoms. The number of hydrogen-bond donors (Lipinski definition) is 1. The first-order valence-corrected chi connectivity index (χ1v) is 7.27. The SMILES string of the molecule is CCn1cccc1/C=C(/C#N)C(=O)Nc1ccc(Br)cc1. The van der Waals surface area contributed by atoms with Gasteiger partial charge in [0, 0.05) is 28.6 Å². The van der Waals surface area contributed by atoms with Crippen molar-refractivity contribution in [1.82, 2.24) is 4.57 Å². The summed E-state index contributed by atoms with van der Waals surface area (Å²) < 4.78 is 2.89. The van der Waals surface area contributed by atoms with Crippen molar-refractivity contribution in [1.29, 1.82) is 5.26 Å². The Morgan fingerprint density at radius 1 is 1.38 bits per heavy atom. The molecular formula is C16H14BrN3O. The van der Waals surface area contributed by atoms with Crippen molar-refractivity contribution >= 4 is 33.6 Å². The fraction of sp³-hybridized carbons (Fsp3) is 0.125. The molecule has 4 nitrogen and oxygen atoms in total. The van der Waals surface area contributed by atoms with Crippen LogP contribution in [-0.4, -0.2) is 10.5 Å². The van der Waals surface area contributed by atoms with E-state index in [9.17, 15) is 10.1 Å². The quantitative estimate of drug-likeness (QED) is 0.677. The first-order valence-electron chi connectivity index (χ1n) is 6.48. The van der Waals surface area contributed by atoms with Gasteiger partial charge in [0.1, 0.15) is 11.6 Å². The van der Waals surface area contributed by atoms with Crippen LogP contribution in [0.25, 0.3) is 6.08 Å². The van der Waals surface area contributed by atoms with Crippen molar-refractivity contribution in [2.45, 2.75) is 13.5 Å². The highest BCUT2D eigenvalue weighted by Crippen LogP contribution is 2.15. The highest BCUT2D eigenvalue weighted by atomic mass is 79.9. The zero-order valence-electron chi connectivity index (χ0n) is 11.5. The molecule has 1 N–H and O–H groups in total. The Morgan fingerprint density at radius 2 is 2.10 bits per heavy atom. The fourth-order valence-electron chi connectivity index (χ4n) is 1.87. The van der Waals surface area contributed by atoms with Gasteiger partial charge in [-0.2, -0.15) is 5.26 Å². The minimum Gasteiger partial charge on any atom is -0.348 e. The van der Waals surface area contributed by atoms with Crippen LogP contribution >= 0.6 is 15.9 Å². The molecule has 0 aliphatic carbocycles. The van der Waals surface area contributed by atoms with Gasteiger partial charge in [-0.05, 0) is 49.4 Å². The van der Waals surface area contributed by atoms with Crippen LogP contribution in [-0.2, 0) is 11.3 Å². The largest absolute Gasteiger partial charge is 0.348 e. The molecule has 0 bridgehead atoms. The van der Waals surface area contributed by atoms with Gasteiger partial charge >= 0.3 is 0 Å². The van der Waals surface area contributed by atoms with Crippen molar-refractivity contribution in [3.8, 4) is 6.07 Å². The number of amides is 1. The van der Waals surface area contributed by atoms with E-state index in [1.165, 1.54) is 0 Å². The standard InChI is InChI=1S/C16H14BrN3O/c1-2-20-9-3-4-15(20)10-12(11-18)16(21)19-14-7-5-13(17)6-8-14/h3-10H,2H2,1H3,(H,19,21)/b12-10-. The number of carbonyl (C=O) groups excluding carboxylic acids is 1. The van der Waals surface area contributed by atoms with Crippen molar-refractivity contribution in [2.75, 3.05) is 5.32 Å². The third-order valence-corrected chi connectivity index (χ3v) is 3.49. The first kappa shape index (κ1) is 15.1. The van der Waals surface area contributed by atoms with E-state index in [-0.39, 0.29) is 5.57 Å². The highest BCUT2D eigenvalue weighted by Gasteiger charge is 2.10. The van der Waals surface area contributed by atoms with Gasteiger partial charge < -0.3 is 9.88 Å². The molecule has 2 rings (SSSR count). The minimum atomic E-state index is -0.413. The van der Waals surface area contributed by atoms with Crippen LogP contribution in [0, 0.1) is 11.3 Å². The normalized spacial score (nSPS) is 11.0. The number of halogens is 1. The molecule has 0 radical (unpaired) electrons. The topological polar surface area (TPSA) is 57.8 Å². The van der Waals surface area contributed by atoms with E-state index in [4.69, 9.17) is 0 Å². The zero-order chi connectivity index (χ0) is 15.2. The lowest BCUT2D eigenvalue weighted by atomic mass is 10.2. The Balaban J connectivity index is 2.19. The van der Waals surface area contributed by atoms with Crippen molar-refractivity contribution in [3.63, 3.8) is 0 Å². The molecule has 0 saturated carbocycles. The van der Waals surface area contributed by atoms with Gasteiger partial charge in [-0.1, -0.05) is 15.9 Å². The maximum absolute atomic E-state index is 12.1. The second-order valence-corrected chi connectivity index (χ2v) is 5.27. The summed E-state index contributed by atoms with van der Waals surface area (Å²) in [6, 6.07) is 12.9. The van der Waals surface area contributed by atoms with Crippen LogP contribution in [0.1, 0.15) is 12.6 Å². The van der Waals surface area contributed by atoms with Gasteiger partial charge in [-0.3, -0.25) is 4.79 Å². The zero-order valence-corrected chi connectivity index (χ0v) is 13.1. The Bertz CT molecular complexity index is 708. The molecule has 0 saturated heterocycles. The summed E-state index contributed by atoms with van der Waals surface area (Å²) in [5, 5.41) is 11.9. The van der Waals surface area contributed by atoms with Crippen molar-refractivity contribution in [3.05, 3.63) is 58.3 Å². The number of benzene rings is 1. The predicted octanol–water partition coefficient (Wildman–Crippen LogP) is 3.82. The van der Waals surface area contributed by atoms with E-state index in [2.05, 4.69) is 21.2 Å². The van der Waals surface area contributed by atoms with E-state index < -0.39 is 5.91 Å². The van der Waals surface area contributed by atoms with Gasteiger partial charge in [0.05, 0.1) is 0 Å². The van der Waals surface area contributed by atoms with Crippen LogP contribution in [0.2, 0.25) is 0 Å². The molecule has 2 aromatic rings. The van der Waals surface area contributed by atoms with Gasteiger partial charge in [0.25, 0.3) is 5.91 Å². The average Bonchev–Trinajstić information content (AvgIpc) is 2.94. The molecule has 0 unspecified atom stereocenters. The summed E-state index contributed by atoms with van der Waals surface area (Å²) in [4.78, 5) is 12.1. The maximum Gasteiger partial charge on any atom is 0.266 e. The Labute approximate surface area is 131 Å². The highest BCUT2D eigenvalue weighted by molar-refractivity contribution is 9.10. The van der Waals surface area contributed by atoms with E-state index in [1.54, 1.807) is 18.2 Å². The molecule has 0 aliphatic rings. The summed E-state index contributed by atoms with van der Waals surface area (Å²) in [5.41, 5.74) is 1.56. The van der Waals surface area contributed by atoms with Crippen molar-refractivity contribution < 1.29 is 4.79 Å². The number of aryl methyl sites for hydroxylation is 1. The number of nitriles is 1. The molecule has 1 aromatic heterocycles. The van der Waals surface area contributed by atoms with E-state index in [0.717, 1.165) is 16.7 Å². The lowest BCUT2D eigenvalue weighted by Gasteiger charge is -2.05. The number of carbonyl (C=O) groups is 1. The van der Waals surface area contributed by atoms with Crippen LogP contribution in [0.5, 0.6) is 0 Å². The smallest absolute Gasteiger partial charge is 0.266 e. The van der Waals surface area contributed by atoms with E-state index >= 15 is 0 Å². The van der Waals surface area contributed by atoms with Crippen LogP contribution in [0.3, 0.4) is 0 Å². The van der Waals surface area contributed by atoms with Gasteiger partial charge in [-0.15, -0.1) is 0 Å².